The van der Waals surface area contributed by atoms with Gasteiger partial charge in [0.2, 0.25) is 17.6 Å². The zero-order valence-electron chi connectivity index (χ0n) is 17.1. The normalized spacial score (nSPS) is 20.0. The quantitative estimate of drug-likeness (QED) is 0.559. The lowest BCUT2D eigenvalue weighted by Crippen LogP contribution is -2.45. The lowest BCUT2D eigenvalue weighted by atomic mass is 10.1. The number of hydrogen-bond acceptors (Lipinski definition) is 5. The molecule has 1 saturated carbocycles. The van der Waals surface area contributed by atoms with E-state index in [0.29, 0.717) is 35.1 Å². The Labute approximate surface area is 181 Å². The average molecular weight is 431 g/mol. The van der Waals surface area contributed by atoms with Gasteiger partial charge in [-0.2, -0.15) is 4.98 Å². The number of nitrogens with one attached hydrogen (secondary N) is 2. The Bertz CT molecular complexity index is 891. The summed E-state index contributed by atoms with van der Waals surface area (Å²) in [5.74, 6) is 2.19. The van der Waals surface area contributed by atoms with E-state index < -0.39 is 0 Å². The summed E-state index contributed by atoms with van der Waals surface area (Å²) in [5, 5.41) is 11.3. The second-order valence-corrected chi connectivity index (χ2v) is 8.28. The third kappa shape index (κ3) is 4.92. The van der Waals surface area contributed by atoms with Crippen molar-refractivity contribution in [3.8, 4) is 11.4 Å². The topological polar surface area (TPSA) is 95.7 Å². The number of benzene rings is 1. The molecule has 0 bridgehead atoms. The van der Waals surface area contributed by atoms with Crippen molar-refractivity contribution < 1.29 is 9.32 Å². The number of hydrogen-bond donors (Lipinski definition) is 2. The molecule has 2 fully saturated rings. The molecular weight excluding hydrogens is 404 g/mol. The molecule has 2 heterocycles. The predicted octanol–water partition coefficient (Wildman–Crippen LogP) is 2.85. The Kier molecular flexibility index (Phi) is 6.52. The van der Waals surface area contributed by atoms with Crippen molar-refractivity contribution in [3.63, 3.8) is 0 Å². The highest BCUT2D eigenvalue weighted by Crippen LogP contribution is 2.27. The second kappa shape index (κ2) is 9.47. The van der Waals surface area contributed by atoms with Crippen molar-refractivity contribution in [3.05, 3.63) is 35.2 Å². The number of nitrogens with zero attached hydrogens (tertiary/aromatic N) is 4. The van der Waals surface area contributed by atoms with Crippen LogP contribution in [0.4, 0.5) is 0 Å². The number of amides is 1. The monoisotopic (exact) mass is 430 g/mol. The standard InChI is InChI=1S/C21H27ClN6O2/c1-23-21(25-17-10-11-28(13-17)20(29)15-4-2-3-5-15)24-12-18-26-19(27-30-18)14-6-8-16(22)9-7-14/h6-9,15,17H,2-5,10-13H2,1H3,(H2,23,24,25). The van der Waals surface area contributed by atoms with Gasteiger partial charge in [0, 0.05) is 42.7 Å². The van der Waals surface area contributed by atoms with Gasteiger partial charge in [-0.15, -0.1) is 0 Å². The molecule has 1 saturated heterocycles. The maximum absolute atomic E-state index is 12.6. The molecule has 2 N–H and O–H groups in total. The van der Waals surface area contributed by atoms with Crippen molar-refractivity contribution in [2.45, 2.75) is 44.7 Å². The van der Waals surface area contributed by atoms with Crippen molar-refractivity contribution in [2.75, 3.05) is 20.1 Å². The lowest BCUT2D eigenvalue weighted by Gasteiger charge is -2.21. The molecule has 8 nitrogen and oxygen atoms in total. The summed E-state index contributed by atoms with van der Waals surface area (Å²) in [6.07, 6.45) is 5.36. The summed E-state index contributed by atoms with van der Waals surface area (Å²) in [7, 11) is 1.72. The second-order valence-electron chi connectivity index (χ2n) is 7.84. The minimum atomic E-state index is 0.189. The Hall–Kier alpha value is -2.61. The van der Waals surface area contributed by atoms with Gasteiger partial charge in [-0.3, -0.25) is 9.79 Å². The summed E-state index contributed by atoms with van der Waals surface area (Å²) in [4.78, 5) is 23.3. The van der Waals surface area contributed by atoms with E-state index >= 15 is 0 Å². The maximum Gasteiger partial charge on any atom is 0.246 e. The summed E-state index contributed by atoms with van der Waals surface area (Å²) in [5.41, 5.74) is 0.842. The lowest BCUT2D eigenvalue weighted by molar-refractivity contribution is -0.134. The van der Waals surface area contributed by atoms with Crippen LogP contribution in [0.25, 0.3) is 11.4 Å². The minimum absolute atomic E-state index is 0.189. The van der Waals surface area contributed by atoms with E-state index in [4.69, 9.17) is 16.1 Å². The number of likely N-dealkylation sites (tertiary alicyclic amines) is 1. The molecule has 0 radical (unpaired) electrons. The maximum atomic E-state index is 12.6. The Morgan fingerprint density at radius 2 is 2.03 bits per heavy atom. The third-order valence-electron chi connectivity index (χ3n) is 5.75. The Morgan fingerprint density at radius 1 is 1.27 bits per heavy atom. The van der Waals surface area contributed by atoms with Gasteiger partial charge in [0.15, 0.2) is 5.96 Å². The van der Waals surface area contributed by atoms with E-state index in [1.807, 2.05) is 17.0 Å². The highest BCUT2D eigenvalue weighted by Gasteiger charge is 2.32. The van der Waals surface area contributed by atoms with Crippen LogP contribution in [0.2, 0.25) is 5.02 Å². The van der Waals surface area contributed by atoms with E-state index in [-0.39, 0.29) is 12.0 Å². The number of halogens is 1. The first-order valence-electron chi connectivity index (χ1n) is 10.5. The molecule has 1 aromatic heterocycles. The van der Waals surface area contributed by atoms with E-state index in [0.717, 1.165) is 37.9 Å². The van der Waals surface area contributed by atoms with Gasteiger partial charge in [0.05, 0.1) is 6.54 Å². The van der Waals surface area contributed by atoms with E-state index in [2.05, 4.69) is 25.8 Å². The van der Waals surface area contributed by atoms with Crippen LogP contribution in [0.5, 0.6) is 0 Å². The molecule has 1 amide bonds. The summed E-state index contributed by atoms with van der Waals surface area (Å²) in [6.45, 7) is 1.88. The third-order valence-corrected chi connectivity index (χ3v) is 6.00. The highest BCUT2D eigenvalue weighted by atomic mass is 35.5. The molecule has 4 rings (SSSR count). The summed E-state index contributed by atoms with van der Waals surface area (Å²) < 4.78 is 5.33. The van der Waals surface area contributed by atoms with Gasteiger partial charge in [-0.1, -0.05) is 29.6 Å². The highest BCUT2D eigenvalue weighted by molar-refractivity contribution is 6.30. The largest absolute Gasteiger partial charge is 0.352 e. The number of aromatic nitrogens is 2. The first-order valence-corrected chi connectivity index (χ1v) is 10.8. The van der Waals surface area contributed by atoms with E-state index in [9.17, 15) is 4.79 Å². The molecule has 160 valence electrons. The number of guanidine groups is 1. The Balaban J connectivity index is 1.26. The van der Waals surface area contributed by atoms with Crippen LogP contribution < -0.4 is 10.6 Å². The van der Waals surface area contributed by atoms with Gasteiger partial charge in [0.1, 0.15) is 0 Å². The van der Waals surface area contributed by atoms with Crippen LogP contribution in [-0.2, 0) is 11.3 Å². The first-order chi connectivity index (χ1) is 14.6. The zero-order chi connectivity index (χ0) is 20.9. The molecular formula is C21H27ClN6O2. The van der Waals surface area contributed by atoms with Crippen LogP contribution in [0.1, 0.15) is 38.0 Å². The van der Waals surface area contributed by atoms with Crippen LogP contribution in [-0.4, -0.2) is 53.1 Å². The fourth-order valence-corrected chi connectivity index (χ4v) is 4.23. The minimum Gasteiger partial charge on any atom is -0.352 e. The molecule has 0 spiro atoms. The van der Waals surface area contributed by atoms with Gasteiger partial charge in [-0.05, 0) is 43.5 Å². The zero-order valence-corrected chi connectivity index (χ0v) is 17.9. The molecule has 1 unspecified atom stereocenters. The van der Waals surface area contributed by atoms with Crippen molar-refractivity contribution >= 4 is 23.5 Å². The molecule has 30 heavy (non-hydrogen) atoms. The number of rotatable bonds is 5. The molecule has 2 aromatic rings. The molecule has 1 aromatic carbocycles. The SMILES string of the molecule is CN=C(NCc1nc(-c2ccc(Cl)cc2)no1)NC1CCN(C(=O)C2CCCC2)C1. The summed E-state index contributed by atoms with van der Waals surface area (Å²) in [6, 6.07) is 7.47. The van der Waals surface area contributed by atoms with E-state index in [1.165, 1.54) is 12.8 Å². The fourth-order valence-electron chi connectivity index (χ4n) is 4.10. The average Bonchev–Trinajstić information content (AvgIpc) is 3.53. The predicted molar refractivity (Wildman–Crippen MR) is 115 cm³/mol. The van der Waals surface area contributed by atoms with Crippen LogP contribution >= 0.6 is 11.6 Å². The fraction of sp³-hybridized carbons (Fsp3) is 0.524. The van der Waals surface area contributed by atoms with Gasteiger partial charge in [-0.25, -0.2) is 0 Å². The van der Waals surface area contributed by atoms with Gasteiger partial charge < -0.3 is 20.1 Å². The van der Waals surface area contributed by atoms with Crippen molar-refractivity contribution in [1.82, 2.24) is 25.7 Å². The molecule has 1 aliphatic carbocycles. The smallest absolute Gasteiger partial charge is 0.246 e. The number of carbonyl (C=O) groups excluding carboxylic acids is 1. The molecule has 1 aliphatic heterocycles. The molecule has 2 aliphatic rings. The summed E-state index contributed by atoms with van der Waals surface area (Å²) >= 11 is 5.92. The first kappa shape index (κ1) is 20.7. The van der Waals surface area contributed by atoms with E-state index in [1.54, 1.807) is 19.2 Å². The number of carbonyl (C=O) groups is 1. The van der Waals surface area contributed by atoms with Gasteiger partial charge >= 0.3 is 0 Å². The molecule has 1 atom stereocenters. The van der Waals surface area contributed by atoms with Gasteiger partial charge in [0.25, 0.3) is 0 Å². The van der Waals surface area contributed by atoms with Crippen molar-refractivity contribution in [1.29, 1.82) is 0 Å². The Morgan fingerprint density at radius 3 is 2.77 bits per heavy atom. The van der Waals surface area contributed by atoms with Crippen LogP contribution in [0.3, 0.4) is 0 Å². The number of aliphatic imine (C=N–C) groups is 1. The van der Waals surface area contributed by atoms with Crippen LogP contribution in [0.15, 0.2) is 33.8 Å². The molecule has 9 heteroatoms. The van der Waals surface area contributed by atoms with Crippen LogP contribution in [0, 0.1) is 5.92 Å². The van der Waals surface area contributed by atoms with Crippen molar-refractivity contribution in [2.24, 2.45) is 10.9 Å².